The van der Waals surface area contributed by atoms with Gasteiger partial charge in [-0.1, -0.05) is 17.7 Å². The highest BCUT2D eigenvalue weighted by molar-refractivity contribution is 9.10. The maximum atomic E-state index is 13.1. The molecule has 0 fully saturated rings. The van der Waals surface area contributed by atoms with Gasteiger partial charge in [0.25, 0.3) is 5.91 Å². The van der Waals surface area contributed by atoms with E-state index in [0.29, 0.717) is 26.3 Å². The second kappa shape index (κ2) is 5.72. The molecule has 2 nitrogen and oxygen atoms in total. The normalized spacial score (nSPS) is 10.3. The van der Waals surface area contributed by atoms with Crippen LogP contribution in [0.25, 0.3) is 0 Å². The molecule has 2 rings (SSSR count). The fourth-order valence-electron chi connectivity index (χ4n) is 1.58. The molecule has 0 saturated heterocycles. The van der Waals surface area contributed by atoms with Crippen molar-refractivity contribution in [3.05, 3.63) is 62.8 Å². The van der Waals surface area contributed by atoms with E-state index in [1.165, 1.54) is 18.2 Å². The molecule has 0 aliphatic carbocycles. The average Bonchev–Trinajstić information content (AvgIpc) is 2.38. The minimum absolute atomic E-state index is 0.314. The zero-order chi connectivity index (χ0) is 14.0. The standard InChI is InChI=1S/C14H10BrClFNO/c1-8-7-9(5-6-11(8)17)14(19)18-12-4-2-3-10(16)13(12)15/h2-7H,1H3,(H,18,19). The molecule has 1 amide bonds. The molecule has 0 atom stereocenters. The lowest BCUT2D eigenvalue weighted by Gasteiger charge is -2.09. The van der Waals surface area contributed by atoms with Crippen LogP contribution in [0.4, 0.5) is 10.1 Å². The monoisotopic (exact) mass is 341 g/mol. The molecule has 0 heterocycles. The van der Waals surface area contributed by atoms with E-state index < -0.39 is 0 Å². The fourth-order valence-corrected chi connectivity index (χ4v) is 2.12. The number of carbonyl (C=O) groups is 1. The van der Waals surface area contributed by atoms with Crippen LogP contribution in [0, 0.1) is 12.7 Å². The van der Waals surface area contributed by atoms with Crippen LogP contribution in [0.15, 0.2) is 40.9 Å². The Morgan fingerprint density at radius 2 is 2.05 bits per heavy atom. The van der Waals surface area contributed by atoms with Gasteiger partial charge >= 0.3 is 0 Å². The molecule has 0 aromatic heterocycles. The summed E-state index contributed by atoms with van der Waals surface area (Å²) in [6, 6.07) is 9.39. The van der Waals surface area contributed by atoms with Crippen molar-refractivity contribution in [1.29, 1.82) is 0 Å². The van der Waals surface area contributed by atoms with Gasteiger partial charge in [-0.3, -0.25) is 4.79 Å². The van der Waals surface area contributed by atoms with E-state index in [4.69, 9.17) is 11.6 Å². The fraction of sp³-hybridized carbons (Fsp3) is 0.0714. The summed E-state index contributed by atoms with van der Waals surface area (Å²) >= 11 is 9.24. The molecule has 2 aromatic rings. The number of hydrogen-bond acceptors (Lipinski definition) is 1. The third-order valence-electron chi connectivity index (χ3n) is 2.62. The van der Waals surface area contributed by atoms with Gasteiger partial charge in [0.1, 0.15) is 5.82 Å². The smallest absolute Gasteiger partial charge is 0.255 e. The van der Waals surface area contributed by atoms with E-state index in [1.807, 2.05) is 0 Å². The number of rotatable bonds is 2. The molecule has 0 radical (unpaired) electrons. The van der Waals surface area contributed by atoms with Crippen molar-refractivity contribution in [2.24, 2.45) is 0 Å². The zero-order valence-electron chi connectivity index (χ0n) is 10.0. The Morgan fingerprint density at radius 3 is 2.74 bits per heavy atom. The van der Waals surface area contributed by atoms with E-state index in [9.17, 15) is 9.18 Å². The van der Waals surface area contributed by atoms with Crippen molar-refractivity contribution in [3.8, 4) is 0 Å². The van der Waals surface area contributed by atoms with Crippen LogP contribution in [0.5, 0.6) is 0 Å². The molecule has 0 saturated carbocycles. The maximum absolute atomic E-state index is 13.1. The largest absolute Gasteiger partial charge is 0.321 e. The molecule has 0 bridgehead atoms. The Morgan fingerprint density at radius 1 is 1.32 bits per heavy atom. The molecular weight excluding hydrogens is 333 g/mol. The number of nitrogens with one attached hydrogen (secondary N) is 1. The first-order chi connectivity index (χ1) is 8.99. The summed E-state index contributed by atoms with van der Waals surface area (Å²) in [5.41, 5.74) is 1.39. The molecule has 5 heteroatoms. The van der Waals surface area contributed by atoms with Gasteiger partial charge in [-0.15, -0.1) is 0 Å². The first-order valence-electron chi connectivity index (χ1n) is 5.50. The molecule has 0 spiro atoms. The molecule has 0 unspecified atom stereocenters. The second-order valence-electron chi connectivity index (χ2n) is 4.02. The van der Waals surface area contributed by atoms with E-state index in [2.05, 4.69) is 21.2 Å². The highest BCUT2D eigenvalue weighted by Crippen LogP contribution is 2.30. The average molecular weight is 343 g/mol. The van der Waals surface area contributed by atoms with E-state index >= 15 is 0 Å². The number of aryl methyl sites for hydroxylation is 1. The SMILES string of the molecule is Cc1cc(C(=O)Nc2cccc(Cl)c2Br)ccc1F. The number of anilines is 1. The van der Waals surface area contributed by atoms with Crippen LogP contribution >= 0.6 is 27.5 Å². The zero-order valence-corrected chi connectivity index (χ0v) is 12.3. The van der Waals surface area contributed by atoms with Crippen molar-refractivity contribution < 1.29 is 9.18 Å². The lowest BCUT2D eigenvalue weighted by Crippen LogP contribution is -2.12. The van der Waals surface area contributed by atoms with Gasteiger partial charge in [-0.05, 0) is 58.7 Å². The lowest BCUT2D eigenvalue weighted by atomic mass is 10.1. The summed E-state index contributed by atoms with van der Waals surface area (Å²) in [7, 11) is 0. The van der Waals surface area contributed by atoms with Gasteiger partial charge in [0.15, 0.2) is 0 Å². The third kappa shape index (κ3) is 3.14. The molecule has 19 heavy (non-hydrogen) atoms. The topological polar surface area (TPSA) is 29.1 Å². The molecule has 98 valence electrons. The van der Waals surface area contributed by atoms with Crippen LogP contribution < -0.4 is 5.32 Å². The Bertz CT molecular complexity index is 645. The summed E-state index contributed by atoms with van der Waals surface area (Å²) in [6.07, 6.45) is 0. The van der Waals surface area contributed by atoms with E-state index in [-0.39, 0.29) is 11.7 Å². The van der Waals surface area contributed by atoms with E-state index in [1.54, 1.807) is 25.1 Å². The van der Waals surface area contributed by atoms with Crippen molar-refractivity contribution in [2.75, 3.05) is 5.32 Å². The van der Waals surface area contributed by atoms with Crippen LogP contribution in [-0.4, -0.2) is 5.91 Å². The van der Waals surface area contributed by atoms with Gasteiger partial charge < -0.3 is 5.32 Å². The quantitative estimate of drug-likeness (QED) is 0.834. The first kappa shape index (κ1) is 14.0. The number of halogens is 3. The molecule has 0 aliphatic rings. The van der Waals surface area contributed by atoms with Crippen molar-refractivity contribution in [3.63, 3.8) is 0 Å². The molecular formula is C14H10BrClFNO. The lowest BCUT2D eigenvalue weighted by molar-refractivity contribution is 0.102. The van der Waals surface area contributed by atoms with Gasteiger partial charge in [-0.25, -0.2) is 4.39 Å². The van der Waals surface area contributed by atoms with Crippen LogP contribution in [0.1, 0.15) is 15.9 Å². The predicted octanol–water partition coefficient (Wildman–Crippen LogP) is 4.80. The number of hydrogen-bond donors (Lipinski definition) is 1. The van der Waals surface area contributed by atoms with Gasteiger partial charge in [0.2, 0.25) is 0 Å². The summed E-state index contributed by atoms with van der Waals surface area (Å²) in [5, 5.41) is 3.23. The number of amides is 1. The van der Waals surface area contributed by atoms with Crippen LogP contribution in [0.3, 0.4) is 0 Å². The highest BCUT2D eigenvalue weighted by Gasteiger charge is 2.11. The molecule has 0 aliphatic heterocycles. The Labute approximate surface area is 123 Å². The Kier molecular flexibility index (Phi) is 4.22. The summed E-state index contributed by atoms with van der Waals surface area (Å²) in [6.45, 7) is 1.61. The summed E-state index contributed by atoms with van der Waals surface area (Å²) in [5.74, 6) is -0.647. The minimum atomic E-state index is -0.333. The Balaban J connectivity index is 2.26. The van der Waals surface area contributed by atoms with Gasteiger partial charge in [0, 0.05) is 5.56 Å². The van der Waals surface area contributed by atoms with Crippen LogP contribution in [0.2, 0.25) is 5.02 Å². The van der Waals surface area contributed by atoms with Crippen molar-refractivity contribution in [1.82, 2.24) is 0 Å². The summed E-state index contributed by atoms with van der Waals surface area (Å²) < 4.78 is 13.8. The number of carbonyl (C=O) groups excluding carboxylic acids is 1. The molecule has 2 aromatic carbocycles. The molecule has 1 N–H and O–H groups in total. The summed E-state index contributed by atoms with van der Waals surface area (Å²) in [4.78, 5) is 12.0. The number of benzene rings is 2. The third-order valence-corrected chi connectivity index (χ3v) is 4.02. The predicted molar refractivity (Wildman–Crippen MR) is 78.2 cm³/mol. The second-order valence-corrected chi connectivity index (χ2v) is 5.22. The Hall–Kier alpha value is -1.39. The van der Waals surface area contributed by atoms with Gasteiger partial charge in [-0.2, -0.15) is 0 Å². The highest BCUT2D eigenvalue weighted by atomic mass is 79.9. The minimum Gasteiger partial charge on any atom is -0.321 e. The van der Waals surface area contributed by atoms with E-state index in [0.717, 1.165) is 0 Å². The van der Waals surface area contributed by atoms with Gasteiger partial charge in [0.05, 0.1) is 15.2 Å². The first-order valence-corrected chi connectivity index (χ1v) is 6.67. The van der Waals surface area contributed by atoms with Crippen LogP contribution in [-0.2, 0) is 0 Å². The van der Waals surface area contributed by atoms with Crippen molar-refractivity contribution >= 4 is 39.1 Å². The maximum Gasteiger partial charge on any atom is 0.255 e. The van der Waals surface area contributed by atoms with Crippen molar-refractivity contribution in [2.45, 2.75) is 6.92 Å².